The number of carbonyl (C=O) groups excluding carboxylic acids is 2. The molecular formula is C20H21FN4O2. The van der Waals surface area contributed by atoms with Crippen LogP contribution < -0.4 is 5.32 Å². The third kappa shape index (κ3) is 3.40. The van der Waals surface area contributed by atoms with Gasteiger partial charge in [0.15, 0.2) is 5.78 Å². The number of nitrogens with zero attached hydrogens (tertiary/aromatic N) is 2. The van der Waals surface area contributed by atoms with Crippen molar-refractivity contribution in [3.63, 3.8) is 0 Å². The van der Waals surface area contributed by atoms with Crippen LogP contribution in [0.5, 0.6) is 0 Å². The number of amides is 1. The second-order valence-electron chi connectivity index (χ2n) is 6.51. The second kappa shape index (κ2) is 7.19. The Morgan fingerprint density at radius 1 is 1.26 bits per heavy atom. The van der Waals surface area contributed by atoms with Gasteiger partial charge >= 0.3 is 0 Å². The lowest BCUT2D eigenvalue weighted by Gasteiger charge is -2.19. The average Bonchev–Trinajstić information content (AvgIpc) is 3.16. The fraction of sp³-hybridized carbons (Fsp3) is 0.250. The lowest BCUT2D eigenvalue weighted by molar-refractivity contribution is 0.0935. The largest absolute Gasteiger partial charge is 0.354 e. The van der Waals surface area contributed by atoms with Gasteiger partial charge in [-0.15, -0.1) is 0 Å². The Morgan fingerprint density at radius 2 is 1.96 bits per heavy atom. The summed E-state index contributed by atoms with van der Waals surface area (Å²) in [6.07, 6.45) is 3.32. The van der Waals surface area contributed by atoms with E-state index in [2.05, 4.69) is 15.3 Å². The Hall–Kier alpha value is -3.22. The fourth-order valence-corrected chi connectivity index (χ4v) is 3.35. The van der Waals surface area contributed by atoms with Gasteiger partial charge in [0, 0.05) is 36.3 Å². The molecule has 0 bridgehead atoms. The van der Waals surface area contributed by atoms with E-state index in [1.165, 1.54) is 13.0 Å². The van der Waals surface area contributed by atoms with E-state index in [0.717, 1.165) is 0 Å². The van der Waals surface area contributed by atoms with Crippen LogP contribution in [0.4, 0.5) is 4.39 Å². The molecule has 6 nitrogen and oxygen atoms in total. The molecule has 7 heteroatoms. The molecule has 1 atom stereocenters. The number of carbonyl (C=O) groups is 2. The van der Waals surface area contributed by atoms with Crippen molar-refractivity contribution in [2.45, 2.75) is 26.8 Å². The molecule has 0 saturated heterocycles. The predicted molar refractivity (Wildman–Crippen MR) is 99.2 cm³/mol. The van der Waals surface area contributed by atoms with Gasteiger partial charge in [-0.3, -0.25) is 9.59 Å². The van der Waals surface area contributed by atoms with E-state index in [4.69, 9.17) is 0 Å². The van der Waals surface area contributed by atoms with Crippen LogP contribution in [-0.4, -0.2) is 26.2 Å². The third-order valence-electron chi connectivity index (χ3n) is 4.62. The number of hydrogen-bond acceptors (Lipinski definition) is 3. The van der Waals surface area contributed by atoms with Gasteiger partial charge < -0.3 is 14.9 Å². The summed E-state index contributed by atoms with van der Waals surface area (Å²) in [4.78, 5) is 32.0. The minimum atomic E-state index is -0.775. The van der Waals surface area contributed by atoms with E-state index in [9.17, 15) is 14.0 Å². The number of hydrogen-bond donors (Lipinski definition) is 2. The van der Waals surface area contributed by atoms with Crippen molar-refractivity contribution in [2.75, 3.05) is 0 Å². The molecule has 140 valence electrons. The monoisotopic (exact) mass is 368 g/mol. The number of imidazole rings is 1. The lowest BCUT2D eigenvalue weighted by Crippen LogP contribution is -2.32. The lowest BCUT2D eigenvalue weighted by atomic mass is 10.0. The quantitative estimate of drug-likeness (QED) is 0.679. The van der Waals surface area contributed by atoms with Gasteiger partial charge in [0.2, 0.25) is 0 Å². The molecule has 2 aromatic heterocycles. The molecule has 0 saturated carbocycles. The first-order valence-electron chi connectivity index (χ1n) is 8.53. The Balaban J connectivity index is 2.02. The molecule has 0 radical (unpaired) electrons. The van der Waals surface area contributed by atoms with E-state index >= 15 is 0 Å². The van der Waals surface area contributed by atoms with E-state index in [0.29, 0.717) is 28.2 Å². The molecular weight excluding hydrogens is 347 g/mol. The van der Waals surface area contributed by atoms with Gasteiger partial charge in [-0.25, -0.2) is 9.37 Å². The van der Waals surface area contributed by atoms with Crippen molar-refractivity contribution in [3.8, 4) is 0 Å². The molecule has 0 unspecified atom stereocenters. The number of H-pyrrole nitrogens is 1. The van der Waals surface area contributed by atoms with Crippen molar-refractivity contribution in [2.24, 2.45) is 7.05 Å². The second-order valence-corrected chi connectivity index (χ2v) is 6.51. The maximum absolute atomic E-state index is 14.4. The summed E-state index contributed by atoms with van der Waals surface area (Å²) < 4.78 is 16.2. The van der Waals surface area contributed by atoms with Gasteiger partial charge in [0.25, 0.3) is 5.91 Å². The van der Waals surface area contributed by atoms with Crippen molar-refractivity contribution >= 4 is 11.7 Å². The van der Waals surface area contributed by atoms with Crippen LogP contribution in [0.2, 0.25) is 0 Å². The summed E-state index contributed by atoms with van der Waals surface area (Å²) in [5, 5.41) is 2.85. The Bertz CT molecular complexity index is 1020. The standard InChI is InChI=1S/C20H21FN4O2/c1-11-16(13(3)26)12(2)23-17(11)20(27)24-18(19-22-9-10-25(19)4)14-7-5-6-8-15(14)21/h5-10,18,23H,1-4H3,(H,24,27)/t18-/m0/s1. The fourth-order valence-electron chi connectivity index (χ4n) is 3.35. The molecule has 2 heterocycles. The smallest absolute Gasteiger partial charge is 0.268 e. The first-order chi connectivity index (χ1) is 12.8. The maximum Gasteiger partial charge on any atom is 0.268 e. The number of nitrogens with one attached hydrogen (secondary N) is 2. The number of ketones is 1. The van der Waals surface area contributed by atoms with Crippen LogP contribution in [0.1, 0.15) is 56.5 Å². The van der Waals surface area contributed by atoms with Crippen LogP contribution >= 0.6 is 0 Å². The van der Waals surface area contributed by atoms with E-state index in [1.54, 1.807) is 56.1 Å². The van der Waals surface area contributed by atoms with Gasteiger partial charge in [0.1, 0.15) is 23.4 Å². The topological polar surface area (TPSA) is 79.8 Å². The molecule has 27 heavy (non-hydrogen) atoms. The molecule has 1 amide bonds. The molecule has 0 spiro atoms. The summed E-state index contributed by atoms with van der Waals surface area (Å²) in [7, 11) is 1.78. The number of halogens is 1. The van der Waals surface area contributed by atoms with Crippen LogP contribution in [0.25, 0.3) is 0 Å². The Kier molecular flexibility index (Phi) is 4.94. The number of aromatic amines is 1. The average molecular weight is 368 g/mol. The summed E-state index contributed by atoms with van der Waals surface area (Å²) in [6.45, 7) is 4.92. The number of benzene rings is 1. The summed E-state index contributed by atoms with van der Waals surface area (Å²) in [5.74, 6) is -0.481. The summed E-state index contributed by atoms with van der Waals surface area (Å²) >= 11 is 0. The third-order valence-corrected chi connectivity index (χ3v) is 4.62. The summed E-state index contributed by atoms with van der Waals surface area (Å²) in [5.41, 5.74) is 2.30. The van der Waals surface area contributed by atoms with Crippen LogP contribution in [0, 0.1) is 19.7 Å². The van der Waals surface area contributed by atoms with Gasteiger partial charge in [-0.1, -0.05) is 18.2 Å². The van der Waals surface area contributed by atoms with E-state index in [1.807, 2.05) is 0 Å². The molecule has 2 N–H and O–H groups in total. The zero-order valence-electron chi connectivity index (χ0n) is 15.6. The molecule has 0 fully saturated rings. The number of Topliss-reactive ketones (excluding diaryl/α,β-unsaturated/α-hetero) is 1. The Labute approximate surface area is 156 Å². The van der Waals surface area contributed by atoms with E-state index in [-0.39, 0.29) is 11.5 Å². The highest BCUT2D eigenvalue weighted by Crippen LogP contribution is 2.25. The first kappa shape index (κ1) is 18.6. The zero-order valence-corrected chi connectivity index (χ0v) is 15.6. The van der Waals surface area contributed by atoms with Crippen molar-refractivity contribution in [1.29, 1.82) is 0 Å². The van der Waals surface area contributed by atoms with Crippen LogP contribution in [0.15, 0.2) is 36.7 Å². The van der Waals surface area contributed by atoms with Gasteiger partial charge in [0.05, 0.1) is 0 Å². The van der Waals surface area contributed by atoms with Crippen LogP contribution in [0.3, 0.4) is 0 Å². The molecule has 0 aliphatic heterocycles. The predicted octanol–water partition coefficient (Wildman–Crippen LogP) is 3.23. The minimum Gasteiger partial charge on any atom is -0.354 e. The van der Waals surface area contributed by atoms with Crippen molar-refractivity contribution in [3.05, 3.63) is 76.4 Å². The number of rotatable bonds is 5. The molecule has 1 aromatic carbocycles. The van der Waals surface area contributed by atoms with Crippen molar-refractivity contribution < 1.29 is 14.0 Å². The highest BCUT2D eigenvalue weighted by Gasteiger charge is 2.26. The minimum absolute atomic E-state index is 0.116. The number of aromatic nitrogens is 3. The normalized spacial score (nSPS) is 12.0. The number of aryl methyl sites for hydroxylation is 2. The first-order valence-corrected chi connectivity index (χ1v) is 8.53. The van der Waals surface area contributed by atoms with Crippen molar-refractivity contribution in [1.82, 2.24) is 19.9 Å². The molecule has 3 rings (SSSR count). The van der Waals surface area contributed by atoms with Crippen LogP contribution in [-0.2, 0) is 7.05 Å². The molecule has 3 aromatic rings. The highest BCUT2D eigenvalue weighted by atomic mass is 19.1. The maximum atomic E-state index is 14.4. The zero-order chi connectivity index (χ0) is 19.7. The highest BCUT2D eigenvalue weighted by molar-refractivity contribution is 6.02. The van der Waals surface area contributed by atoms with E-state index < -0.39 is 17.8 Å². The molecule has 0 aliphatic carbocycles. The molecule has 0 aliphatic rings. The SMILES string of the molecule is CC(=O)c1c(C)[nH]c(C(=O)N[C@@H](c2ccccc2F)c2nccn2C)c1C. The van der Waals surface area contributed by atoms with Gasteiger partial charge in [-0.2, -0.15) is 0 Å². The Morgan fingerprint density at radius 3 is 2.52 bits per heavy atom. The summed E-state index contributed by atoms with van der Waals surface area (Å²) in [6, 6.07) is 5.48. The van der Waals surface area contributed by atoms with Gasteiger partial charge in [-0.05, 0) is 32.4 Å².